The van der Waals surface area contributed by atoms with Gasteiger partial charge in [-0.25, -0.2) is 4.98 Å². The smallest absolute Gasteiger partial charge is 0.221 e. The molecule has 0 spiro atoms. The third kappa shape index (κ3) is 3.82. The Morgan fingerprint density at radius 1 is 1.39 bits per heavy atom. The highest BCUT2D eigenvalue weighted by molar-refractivity contribution is 5.48. The van der Waals surface area contributed by atoms with Crippen molar-refractivity contribution >= 4 is 11.8 Å². The van der Waals surface area contributed by atoms with Crippen LogP contribution in [-0.2, 0) is 9.47 Å². The number of aromatic nitrogens is 2. The molecule has 102 valence electrons. The second kappa shape index (κ2) is 7.13. The van der Waals surface area contributed by atoms with Gasteiger partial charge in [0.25, 0.3) is 0 Å². The van der Waals surface area contributed by atoms with Gasteiger partial charge in [-0.15, -0.1) is 0 Å². The summed E-state index contributed by atoms with van der Waals surface area (Å²) in [6.07, 6.45) is 1.73. The van der Waals surface area contributed by atoms with E-state index in [1.54, 1.807) is 20.4 Å². The maximum Gasteiger partial charge on any atom is 0.221 e. The highest BCUT2D eigenvalue weighted by Crippen LogP contribution is 2.19. The van der Waals surface area contributed by atoms with Crippen LogP contribution in [0.3, 0.4) is 0 Å². The van der Waals surface area contributed by atoms with Crippen molar-refractivity contribution in [3.8, 4) is 0 Å². The molecule has 0 amide bonds. The number of anilines is 2. The van der Waals surface area contributed by atoms with Gasteiger partial charge in [0.2, 0.25) is 5.95 Å². The Kier molecular flexibility index (Phi) is 5.80. The molecule has 1 aromatic heterocycles. The van der Waals surface area contributed by atoms with Crippen molar-refractivity contribution in [3.63, 3.8) is 0 Å². The summed E-state index contributed by atoms with van der Waals surface area (Å²) >= 11 is 0. The van der Waals surface area contributed by atoms with Crippen LogP contribution in [0.15, 0.2) is 6.20 Å². The Morgan fingerprint density at radius 3 is 2.72 bits per heavy atom. The van der Waals surface area contributed by atoms with Crippen molar-refractivity contribution in [3.05, 3.63) is 11.8 Å². The molecule has 6 heteroatoms. The predicted octanol–water partition coefficient (Wildman–Crippen LogP) is 0.855. The zero-order valence-corrected chi connectivity index (χ0v) is 11.5. The van der Waals surface area contributed by atoms with Crippen molar-refractivity contribution in [1.82, 2.24) is 9.97 Å². The minimum Gasteiger partial charge on any atom is -0.383 e. The first-order valence-electron chi connectivity index (χ1n) is 5.93. The van der Waals surface area contributed by atoms with Gasteiger partial charge in [-0.3, -0.25) is 0 Å². The van der Waals surface area contributed by atoms with Gasteiger partial charge < -0.3 is 20.1 Å². The molecule has 1 unspecified atom stereocenters. The van der Waals surface area contributed by atoms with E-state index in [2.05, 4.69) is 21.8 Å². The lowest BCUT2D eigenvalue weighted by Crippen LogP contribution is -2.39. The first-order chi connectivity index (χ1) is 8.60. The molecule has 0 saturated carbocycles. The van der Waals surface area contributed by atoms with E-state index in [1.807, 2.05) is 6.92 Å². The number of methoxy groups -OCH3 is 2. The molecule has 1 heterocycles. The summed E-state index contributed by atoms with van der Waals surface area (Å²) in [7, 11) is 3.37. The van der Waals surface area contributed by atoms with E-state index in [4.69, 9.17) is 15.2 Å². The lowest BCUT2D eigenvalue weighted by molar-refractivity contribution is 0.170. The number of aryl methyl sites for hydroxylation is 1. The molecular weight excluding hydrogens is 232 g/mol. The maximum atomic E-state index is 5.66. The predicted molar refractivity (Wildman–Crippen MR) is 71.7 cm³/mol. The molecule has 0 bridgehead atoms. The van der Waals surface area contributed by atoms with Crippen LogP contribution in [0.2, 0.25) is 0 Å². The fraction of sp³-hybridized carbons (Fsp3) is 0.667. The van der Waals surface area contributed by atoms with Crippen LogP contribution in [0, 0.1) is 6.92 Å². The molecule has 0 aromatic carbocycles. The normalized spacial score (nSPS) is 12.4. The Bertz CT molecular complexity index is 373. The molecule has 0 radical (unpaired) electrons. The molecule has 1 aromatic rings. The summed E-state index contributed by atoms with van der Waals surface area (Å²) in [5.74, 6) is 1.12. The zero-order valence-electron chi connectivity index (χ0n) is 11.5. The van der Waals surface area contributed by atoms with Gasteiger partial charge in [-0.05, 0) is 13.8 Å². The van der Waals surface area contributed by atoms with E-state index in [0.29, 0.717) is 13.2 Å². The largest absolute Gasteiger partial charge is 0.383 e. The van der Waals surface area contributed by atoms with Crippen LogP contribution in [0.5, 0.6) is 0 Å². The van der Waals surface area contributed by atoms with Crippen LogP contribution in [0.4, 0.5) is 11.8 Å². The first kappa shape index (κ1) is 14.7. The fourth-order valence-electron chi connectivity index (χ4n) is 1.79. The minimum absolute atomic E-state index is 0.193. The van der Waals surface area contributed by atoms with Gasteiger partial charge in [0.05, 0.1) is 19.3 Å². The summed E-state index contributed by atoms with van der Waals surface area (Å²) in [6, 6.07) is 0.193. The number of nitrogens with zero attached hydrogens (tertiary/aromatic N) is 3. The third-order valence-corrected chi connectivity index (χ3v) is 2.71. The number of ether oxygens (including phenoxy) is 2. The SMILES string of the molecule is COCCN(c1nc(N)ncc1C)C(C)COC. The number of hydrogen-bond acceptors (Lipinski definition) is 6. The highest BCUT2D eigenvalue weighted by atomic mass is 16.5. The maximum absolute atomic E-state index is 5.66. The Hall–Kier alpha value is -1.40. The molecule has 1 atom stereocenters. The van der Waals surface area contributed by atoms with Gasteiger partial charge in [-0.1, -0.05) is 0 Å². The van der Waals surface area contributed by atoms with Crippen molar-refractivity contribution in [2.24, 2.45) is 0 Å². The van der Waals surface area contributed by atoms with Crippen LogP contribution in [-0.4, -0.2) is 50.0 Å². The van der Waals surface area contributed by atoms with E-state index in [-0.39, 0.29) is 12.0 Å². The molecule has 0 aliphatic heterocycles. The number of rotatable bonds is 7. The quantitative estimate of drug-likeness (QED) is 0.778. The minimum atomic E-state index is 0.193. The van der Waals surface area contributed by atoms with Crippen LogP contribution in [0.25, 0.3) is 0 Å². The second-order valence-electron chi connectivity index (χ2n) is 4.23. The third-order valence-electron chi connectivity index (χ3n) is 2.71. The summed E-state index contributed by atoms with van der Waals surface area (Å²) in [5, 5.41) is 0. The van der Waals surface area contributed by atoms with Crippen molar-refractivity contribution in [2.75, 3.05) is 44.6 Å². The number of hydrogen-bond donors (Lipinski definition) is 1. The van der Waals surface area contributed by atoms with Crippen LogP contribution in [0.1, 0.15) is 12.5 Å². The van der Waals surface area contributed by atoms with Crippen molar-refractivity contribution < 1.29 is 9.47 Å². The Labute approximate surface area is 108 Å². The van der Waals surface area contributed by atoms with Crippen LogP contribution >= 0.6 is 0 Å². The zero-order chi connectivity index (χ0) is 13.5. The average Bonchev–Trinajstić information content (AvgIpc) is 2.34. The standard InChI is InChI=1S/C12H22N4O2/c1-9-7-14-12(13)15-11(9)16(5-6-17-3)10(2)8-18-4/h7,10H,5-6,8H2,1-4H3,(H2,13,14,15). The summed E-state index contributed by atoms with van der Waals surface area (Å²) in [4.78, 5) is 10.4. The lowest BCUT2D eigenvalue weighted by Gasteiger charge is -2.30. The topological polar surface area (TPSA) is 73.5 Å². The first-order valence-corrected chi connectivity index (χ1v) is 5.93. The molecule has 0 aliphatic carbocycles. The van der Waals surface area contributed by atoms with Gasteiger partial charge >= 0.3 is 0 Å². The molecule has 2 N–H and O–H groups in total. The monoisotopic (exact) mass is 254 g/mol. The van der Waals surface area contributed by atoms with Crippen molar-refractivity contribution in [2.45, 2.75) is 19.9 Å². The average molecular weight is 254 g/mol. The summed E-state index contributed by atoms with van der Waals surface area (Å²) in [5.41, 5.74) is 6.65. The van der Waals surface area contributed by atoms with Crippen molar-refractivity contribution in [1.29, 1.82) is 0 Å². The summed E-state index contributed by atoms with van der Waals surface area (Å²) < 4.78 is 10.3. The molecule has 0 saturated heterocycles. The fourth-order valence-corrected chi connectivity index (χ4v) is 1.79. The lowest BCUT2D eigenvalue weighted by atomic mass is 10.2. The molecule has 1 rings (SSSR count). The molecule has 0 fully saturated rings. The second-order valence-corrected chi connectivity index (χ2v) is 4.23. The van der Waals surface area contributed by atoms with E-state index in [9.17, 15) is 0 Å². The highest BCUT2D eigenvalue weighted by Gasteiger charge is 2.18. The van der Waals surface area contributed by atoms with E-state index in [0.717, 1.165) is 17.9 Å². The van der Waals surface area contributed by atoms with Gasteiger partial charge in [0, 0.05) is 32.5 Å². The molecule has 18 heavy (non-hydrogen) atoms. The van der Waals surface area contributed by atoms with Gasteiger partial charge in [0.15, 0.2) is 0 Å². The van der Waals surface area contributed by atoms with Gasteiger partial charge in [-0.2, -0.15) is 4.98 Å². The molecule has 6 nitrogen and oxygen atoms in total. The summed E-state index contributed by atoms with van der Waals surface area (Å²) in [6.45, 7) is 6.02. The van der Waals surface area contributed by atoms with E-state index in [1.165, 1.54) is 0 Å². The van der Waals surface area contributed by atoms with E-state index >= 15 is 0 Å². The van der Waals surface area contributed by atoms with Gasteiger partial charge in [0.1, 0.15) is 5.82 Å². The Balaban J connectivity index is 2.96. The number of nitrogen functional groups attached to an aromatic ring is 1. The molecule has 0 aliphatic rings. The van der Waals surface area contributed by atoms with E-state index < -0.39 is 0 Å². The Morgan fingerprint density at radius 2 is 2.11 bits per heavy atom. The number of nitrogens with two attached hydrogens (primary N) is 1. The van der Waals surface area contributed by atoms with Crippen LogP contribution < -0.4 is 10.6 Å². The molecular formula is C12H22N4O2.